The fraction of sp³-hybridized carbons (Fsp3) is 0.647. The van der Waals surface area contributed by atoms with E-state index in [9.17, 15) is 22.4 Å². The Morgan fingerprint density at radius 2 is 2.19 bits per heavy atom. The Balaban J connectivity index is 2.13. The summed E-state index contributed by atoms with van der Waals surface area (Å²) >= 11 is 0. The van der Waals surface area contributed by atoms with Crippen molar-refractivity contribution in [1.82, 2.24) is 4.98 Å². The maximum Gasteiger partial charge on any atom is 0.248 e. The van der Waals surface area contributed by atoms with Gasteiger partial charge >= 0.3 is 0 Å². The molecule has 2 heterocycles. The fourth-order valence-electron chi connectivity index (χ4n) is 4.22. The zero-order valence-corrected chi connectivity index (χ0v) is 14.4. The van der Waals surface area contributed by atoms with Crippen molar-refractivity contribution in [3.8, 4) is 0 Å². The van der Waals surface area contributed by atoms with Crippen LogP contribution in [0.4, 0.5) is 23.4 Å². The molecule has 0 spiro atoms. The van der Waals surface area contributed by atoms with Gasteiger partial charge in [-0.15, -0.1) is 0 Å². The number of halogens is 4. The first-order chi connectivity index (χ1) is 12.2. The first-order valence-corrected chi connectivity index (χ1v) is 8.59. The molecule has 0 aromatic carbocycles. The molecule has 2 atom stereocenters. The van der Waals surface area contributed by atoms with Gasteiger partial charge in [-0.25, -0.2) is 22.5 Å². The molecule has 3 rings (SSSR count). The van der Waals surface area contributed by atoms with Crippen LogP contribution in [0, 0.1) is 17.6 Å². The molecule has 1 aromatic heterocycles. The Morgan fingerprint density at radius 1 is 1.46 bits per heavy atom. The molecule has 0 radical (unpaired) electrons. The molecule has 2 N–H and O–H groups in total. The lowest BCUT2D eigenvalue weighted by atomic mass is 9.73. The number of hydrogen-bond donors (Lipinski definition) is 1. The van der Waals surface area contributed by atoms with E-state index >= 15 is 0 Å². The molecule has 0 unspecified atom stereocenters. The third kappa shape index (κ3) is 3.13. The molecule has 1 saturated carbocycles. The summed E-state index contributed by atoms with van der Waals surface area (Å²) in [4.78, 5) is 16.7. The largest absolute Gasteiger partial charge is 0.368 e. The van der Waals surface area contributed by atoms with E-state index in [0.717, 1.165) is 0 Å². The maximum atomic E-state index is 14.8. The van der Waals surface area contributed by atoms with E-state index in [-0.39, 0.29) is 43.9 Å². The van der Waals surface area contributed by atoms with Crippen molar-refractivity contribution < 1.29 is 27.1 Å². The molecule has 1 aliphatic heterocycles. The Labute approximate surface area is 148 Å². The van der Waals surface area contributed by atoms with Crippen LogP contribution in [-0.2, 0) is 15.1 Å². The number of primary amides is 1. The number of nitrogens with two attached hydrogens (primary N) is 1. The smallest absolute Gasteiger partial charge is 0.248 e. The van der Waals surface area contributed by atoms with Gasteiger partial charge in [0.05, 0.1) is 24.8 Å². The Kier molecular flexibility index (Phi) is 4.85. The molecular formula is C17H21F4N3O2. The highest BCUT2D eigenvalue weighted by atomic mass is 19.3. The second kappa shape index (κ2) is 6.68. The number of ether oxygens (including phenoxy) is 1. The van der Waals surface area contributed by atoms with Crippen molar-refractivity contribution in [2.45, 2.75) is 44.1 Å². The number of fused-ring (bicyclic) bond motifs is 1. The van der Waals surface area contributed by atoms with Gasteiger partial charge in [0.2, 0.25) is 11.8 Å². The summed E-state index contributed by atoms with van der Waals surface area (Å²) < 4.78 is 62.6. The number of nitrogens with zero attached hydrogens (tertiary/aromatic N) is 2. The molecule has 1 amide bonds. The van der Waals surface area contributed by atoms with Crippen LogP contribution in [-0.4, -0.2) is 36.5 Å². The highest BCUT2D eigenvalue weighted by molar-refractivity contribution is 5.80. The van der Waals surface area contributed by atoms with Crippen LogP contribution in [0.15, 0.2) is 6.20 Å². The lowest BCUT2D eigenvalue weighted by Crippen LogP contribution is -2.47. The monoisotopic (exact) mass is 375 g/mol. The molecule has 9 heteroatoms. The molecule has 1 aliphatic carbocycles. The first kappa shape index (κ1) is 18.9. The number of rotatable bonds is 5. The second-order valence-corrected chi connectivity index (χ2v) is 6.91. The molecule has 0 saturated heterocycles. The van der Waals surface area contributed by atoms with Crippen LogP contribution in [0.5, 0.6) is 0 Å². The lowest BCUT2D eigenvalue weighted by molar-refractivity contribution is -0.136. The van der Waals surface area contributed by atoms with Gasteiger partial charge in [0.25, 0.3) is 0 Å². The molecule has 1 aromatic rings. The summed E-state index contributed by atoms with van der Waals surface area (Å²) in [5.41, 5.74) is 3.56. The van der Waals surface area contributed by atoms with E-state index in [2.05, 4.69) is 4.98 Å². The number of alkyl halides is 2. The highest BCUT2D eigenvalue weighted by Crippen LogP contribution is 2.53. The number of pyridine rings is 1. The average Bonchev–Trinajstić information content (AvgIpc) is 2.85. The minimum atomic E-state index is -2.90. The number of carbonyl (C=O) groups is 1. The van der Waals surface area contributed by atoms with Crippen molar-refractivity contribution in [2.24, 2.45) is 11.7 Å². The Hall–Kier alpha value is -1.90. The summed E-state index contributed by atoms with van der Waals surface area (Å²) in [7, 11) is 0. The fourth-order valence-corrected chi connectivity index (χ4v) is 4.22. The van der Waals surface area contributed by atoms with E-state index in [1.807, 2.05) is 0 Å². The van der Waals surface area contributed by atoms with Gasteiger partial charge in [0.1, 0.15) is 11.4 Å². The van der Waals surface area contributed by atoms with Gasteiger partial charge < -0.3 is 15.4 Å². The van der Waals surface area contributed by atoms with Crippen LogP contribution in [0.1, 0.15) is 38.2 Å². The van der Waals surface area contributed by atoms with Gasteiger partial charge in [0, 0.05) is 19.4 Å². The van der Waals surface area contributed by atoms with E-state index in [4.69, 9.17) is 10.5 Å². The van der Waals surface area contributed by atoms with Gasteiger partial charge in [-0.2, -0.15) is 0 Å². The molecule has 144 valence electrons. The topological polar surface area (TPSA) is 68.5 Å². The van der Waals surface area contributed by atoms with Crippen molar-refractivity contribution in [3.05, 3.63) is 23.4 Å². The Morgan fingerprint density at radius 3 is 2.81 bits per heavy atom. The standard InChI is InChI=1S/C17H21F4N3O2/c1-2-26-17(10-4-3-5-16(20,21)6-10)9-24(8-12(22)25)15-13(17)14(19)11(18)7-23-15/h7,10H,2-6,8-9H2,1H3,(H2,22,25)/t10-,17-/m0/s1. The second-order valence-electron chi connectivity index (χ2n) is 6.91. The molecule has 2 aliphatic rings. The van der Waals surface area contributed by atoms with Crippen LogP contribution in [0.25, 0.3) is 0 Å². The van der Waals surface area contributed by atoms with Crippen LogP contribution in [0.3, 0.4) is 0 Å². The summed E-state index contributed by atoms with van der Waals surface area (Å²) in [6.07, 6.45) is 0.608. The highest BCUT2D eigenvalue weighted by Gasteiger charge is 2.55. The van der Waals surface area contributed by atoms with Gasteiger partial charge in [-0.05, 0) is 25.7 Å². The lowest BCUT2D eigenvalue weighted by Gasteiger charge is -2.42. The molecule has 0 bridgehead atoms. The van der Waals surface area contributed by atoms with Crippen LogP contribution in [0.2, 0.25) is 0 Å². The van der Waals surface area contributed by atoms with Gasteiger partial charge in [-0.3, -0.25) is 4.79 Å². The number of hydrogen-bond acceptors (Lipinski definition) is 4. The van der Waals surface area contributed by atoms with E-state index < -0.39 is 41.4 Å². The summed E-state index contributed by atoms with van der Waals surface area (Å²) in [6, 6.07) is 0. The third-order valence-electron chi connectivity index (χ3n) is 5.15. The van der Waals surface area contributed by atoms with Crippen molar-refractivity contribution in [3.63, 3.8) is 0 Å². The summed E-state index contributed by atoms with van der Waals surface area (Å²) in [5.74, 6) is -6.67. The number of carbonyl (C=O) groups excluding carboxylic acids is 1. The third-order valence-corrected chi connectivity index (χ3v) is 5.15. The minimum absolute atomic E-state index is 0.0186. The van der Waals surface area contributed by atoms with Crippen molar-refractivity contribution >= 4 is 11.7 Å². The van der Waals surface area contributed by atoms with Crippen LogP contribution >= 0.6 is 0 Å². The minimum Gasteiger partial charge on any atom is -0.368 e. The maximum absolute atomic E-state index is 14.8. The van der Waals surface area contributed by atoms with E-state index in [1.165, 1.54) is 4.90 Å². The quantitative estimate of drug-likeness (QED) is 0.804. The normalized spacial score (nSPS) is 27.4. The predicted molar refractivity (Wildman–Crippen MR) is 85.8 cm³/mol. The van der Waals surface area contributed by atoms with Crippen molar-refractivity contribution in [1.29, 1.82) is 0 Å². The van der Waals surface area contributed by atoms with Gasteiger partial charge in [-0.1, -0.05) is 0 Å². The number of anilines is 1. The van der Waals surface area contributed by atoms with Crippen molar-refractivity contribution in [2.75, 3.05) is 24.6 Å². The molecule has 1 fully saturated rings. The first-order valence-electron chi connectivity index (χ1n) is 8.59. The zero-order valence-electron chi connectivity index (χ0n) is 14.4. The summed E-state index contributed by atoms with van der Waals surface area (Å²) in [6.45, 7) is 1.40. The average molecular weight is 375 g/mol. The van der Waals surface area contributed by atoms with E-state index in [0.29, 0.717) is 12.6 Å². The number of aromatic nitrogens is 1. The molecular weight excluding hydrogens is 354 g/mol. The molecule has 26 heavy (non-hydrogen) atoms. The van der Waals surface area contributed by atoms with Gasteiger partial charge in [0.15, 0.2) is 11.6 Å². The number of amides is 1. The zero-order chi connectivity index (χ0) is 19.1. The predicted octanol–water partition coefficient (Wildman–Crippen LogP) is 2.72. The van der Waals surface area contributed by atoms with E-state index in [1.54, 1.807) is 6.92 Å². The Bertz CT molecular complexity index is 715. The van der Waals surface area contributed by atoms with Crippen LogP contribution < -0.4 is 10.6 Å². The SMILES string of the molecule is CCO[C@]1([C@H]2CCCC(F)(F)C2)CN(CC(N)=O)c2ncc(F)c(F)c21. The molecule has 5 nitrogen and oxygen atoms in total. The summed E-state index contributed by atoms with van der Waals surface area (Å²) in [5, 5.41) is 0.